The van der Waals surface area contributed by atoms with Crippen LogP contribution in [-0.2, 0) is 6.54 Å². The number of carbonyl (C=O) groups is 1. The van der Waals surface area contributed by atoms with E-state index in [0.29, 0.717) is 45.8 Å². The number of pyridine rings is 2. The van der Waals surface area contributed by atoms with E-state index in [1.54, 1.807) is 56.4 Å². The molecule has 0 aliphatic heterocycles. The van der Waals surface area contributed by atoms with Crippen LogP contribution in [-0.4, -0.2) is 40.7 Å². The molecule has 0 spiro atoms. The first-order valence-electron chi connectivity index (χ1n) is 13.0. The summed E-state index contributed by atoms with van der Waals surface area (Å²) in [6, 6.07) is 21.4. The summed E-state index contributed by atoms with van der Waals surface area (Å²) in [5, 5.41) is 14.6. The SMILES string of the molecule is CC(C)(O)Cn1cc(-c2ccc(NC(=O)c3cc4cccnc4n(-c4ccccc4)c3=O)cc2)c2c(N)ncnc21. The molecule has 0 atom stereocenters. The zero-order valence-electron chi connectivity index (χ0n) is 22.4. The van der Waals surface area contributed by atoms with Gasteiger partial charge in [-0.25, -0.2) is 15.0 Å². The van der Waals surface area contributed by atoms with Crippen LogP contribution < -0.4 is 16.6 Å². The highest BCUT2D eigenvalue weighted by Crippen LogP contribution is 2.34. The summed E-state index contributed by atoms with van der Waals surface area (Å²) in [6.07, 6.45) is 4.90. The average Bonchev–Trinajstić information content (AvgIpc) is 3.31. The maximum absolute atomic E-state index is 13.5. The fraction of sp³-hybridized carbons (Fsp3) is 0.129. The predicted octanol–water partition coefficient (Wildman–Crippen LogP) is 4.40. The first-order valence-corrected chi connectivity index (χ1v) is 13.0. The quantitative estimate of drug-likeness (QED) is 0.282. The molecule has 4 aromatic heterocycles. The number of aromatic nitrogens is 5. The van der Waals surface area contributed by atoms with E-state index in [-0.39, 0.29) is 5.56 Å². The Bertz CT molecular complexity index is 1970. The lowest BCUT2D eigenvalue weighted by Crippen LogP contribution is -2.29. The van der Waals surface area contributed by atoms with Crippen molar-refractivity contribution in [1.82, 2.24) is 24.1 Å². The van der Waals surface area contributed by atoms with Crippen molar-refractivity contribution >= 4 is 39.5 Å². The summed E-state index contributed by atoms with van der Waals surface area (Å²) >= 11 is 0. The van der Waals surface area contributed by atoms with Gasteiger partial charge in [-0.05, 0) is 61.9 Å². The Morgan fingerprint density at radius 1 is 0.976 bits per heavy atom. The molecule has 6 rings (SSSR count). The molecule has 0 bridgehead atoms. The van der Waals surface area contributed by atoms with Crippen LogP contribution in [0.1, 0.15) is 24.2 Å². The highest BCUT2D eigenvalue weighted by Gasteiger charge is 2.21. The van der Waals surface area contributed by atoms with Crippen molar-refractivity contribution < 1.29 is 9.90 Å². The monoisotopic (exact) mass is 545 g/mol. The van der Waals surface area contributed by atoms with Gasteiger partial charge < -0.3 is 20.7 Å². The van der Waals surface area contributed by atoms with Crippen molar-refractivity contribution in [2.75, 3.05) is 11.1 Å². The Kier molecular flexibility index (Phi) is 6.32. The lowest BCUT2D eigenvalue weighted by Gasteiger charge is -2.18. The molecule has 204 valence electrons. The van der Waals surface area contributed by atoms with Crippen LogP contribution >= 0.6 is 0 Å². The van der Waals surface area contributed by atoms with Gasteiger partial charge in [0.25, 0.3) is 11.5 Å². The highest BCUT2D eigenvalue weighted by atomic mass is 16.3. The second kappa shape index (κ2) is 10.00. The van der Waals surface area contributed by atoms with E-state index in [1.807, 2.05) is 47.2 Å². The highest BCUT2D eigenvalue weighted by molar-refractivity contribution is 6.06. The van der Waals surface area contributed by atoms with Crippen LogP contribution in [0, 0.1) is 0 Å². The molecule has 0 unspecified atom stereocenters. The lowest BCUT2D eigenvalue weighted by atomic mass is 10.1. The number of nitrogens with zero attached hydrogens (tertiary/aromatic N) is 5. The van der Waals surface area contributed by atoms with Gasteiger partial charge in [-0.2, -0.15) is 0 Å². The van der Waals surface area contributed by atoms with Crippen LogP contribution in [0.3, 0.4) is 0 Å². The molecule has 0 saturated heterocycles. The van der Waals surface area contributed by atoms with Gasteiger partial charge in [0.1, 0.15) is 29.0 Å². The van der Waals surface area contributed by atoms with E-state index in [2.05, 4.69) is 20.3 Å². The number of aliphatic hydroxyl groups is 1. The minimum Gasteiger partial charge on any atom is -0.389 e. The zero-order valence-corrected chi connectivity index (χ0v) is 22.4. The fourth-order valence-electron chi connectivity index (χ4n) is 4.96. The molecule has 1 amide bonds. The molecular weight excluding hydrogens is 518 g/mol. The molecule has 4 heterocycles. The van der Waals surface area contributed by atoms with Crippen LogP contribution in [0.2, 0.25) is 0 Å². The summed E-state index contributed by atoms with van der Waals surface area (Å²) in [5.74, 6) is -0.199. The lowest BCUT2D eigenvalue weighted by molar-refractivity contribution is 0.0627. The predicted molar refractivity (Wildman–Crippen MR) is 159 cm³/mol. The number of benzene rings is 2. The Morgan fingerprint density at radius 2 is 1.73 bits per heavy atom. The maximum Gasteiger partial charge on any atom is 0.269 e. The third-order valence-corrected chi connectivity index (χ3v) is 6.71. The molecule has 0 radical (unpaired) electrons. The molecule has 4 N–H and O–H groups in total. The summed E-state index contributed by atoms with van der Waals surface area (Å²) in [7, 11) is 0. The van der Waals surface area contributed by atoms with E-state index in [9.17, 15) is 14.7 Å². The number of anilines is 2. The van der Waals surface area contributed by atoms with Crippen molar-refractivity contribution in [3.05, 3.63) is 107 Å². The second-order valence-electron chi connectivity index (χ2n) is 10.4. The number of nitrogen functional groups attached to an aromatic ring is 1. The van der Waals surface area contributed by atoms with Crippen LogP contribution in [0.15, 0.2) is 96.3 Å². The van der Waals surface area contributed by atoms with E-state index < -0.39 is 17.1 Å². The first kappa shape index (κ1) is 25.9. The standard InChI is InChI=1S/C31H27N7O3/c1-31(2,41)17-37-16-24(25-26(32)34-18-35-28(25)37)19-10-12-21(13-11-19)36-29(39)23-15-20-7-6-14-33-27(20)38(30(23)40)22-8-4-3-5-9-22/h3-16,18,41H,17H2,1-2H3,(H,36,39)(H2,32,34,35). The van der Waals surface area contributed by atoms with Crippen molar-refractivity contribution in [1.29, 1.82) is 0 Å². The molecule has 0 fully saturated rings. The Hall–Kier alpha value is -5.35. The maximum atomic E-state index is 13.5. The Morgan fingerprint density at radius 3 is 2.46 bits per heavy atom. The van der Waals surface area contributed by atoms with E-state index in [4.69, 9.17) is 5.73 Å². The van der Waals surface area contributed by atoms with E-state index >= 15 is 0 Å². The normalized spacial score (nSPS) is 11.7. The number of carbonyl (C=O) groups excluding carboxylic acids is 1. The van der Waals surface area contributed by atoms with Gasteiger partial charge in [-0.15, -0.1) is 0 Å². The van der Waals surface area contributed by atoms with Gasteiger partial charge in [0.15, 0.2) is 0 Å². The summed E-state index contributed by atoms with van der Waals surface area (Å²) < 4.78 is 3.30. The van der Waals surface area contributed by atoms with Crippen LogP contribution in [0.4, 0.5) is 11.5 Å². The van der Waals surface area contributed by atoms with Crippen molar-refractivity contribution in [2.24, 2.45) is 0 Å². The van der Waals surface area contributed by atoms with Crippen molar-refractivity contribution in [2.45, 2.75) is 26.0 Å². The number of para-hydroxylation sites is 1. The summed E-state index contributed by atoms with van der Waals surface area (Å²) in [6.45, 7) is 3.76. The molecule has 41 heavy (non-hydrogen) atoms. The largest absolute Gasteiger partial charge is 0.389 e. The third kappa shape index (κ3) is 4.92. The van der Waals surface area contributed by atoms with Gasteiger partial charge in [0, 0.05) is 29.0 Å². The van der Waals surface area contributed by atoms with Crippen LogP contribution in [0.25, 0.3) is 38.9 Å². The molecule has 6 aromatic rings. The van der Waals surface area contributed by atoms with Gasteiger partial charge in [-0.3, -0.25) is 14.2 Å². The number of fused-ring (bicyclic) bond motifs is 2. The fourth-order valence-corrected chi connectivity index (χ4v) is 4.96. The average molecular weight is 546 g/mol. The zero-order chi connectivity index (χ0) is 28.7. The van der Waals surface area contributed by atoms with E-state index in [0.717, 1.165) is 11.1 Å². The minimum atomic E-state index is -0.963. The van der Waals surface area contributed by atoms with E-state index in [1.165, 1.54) is 10.9 Å². The third-order valence-electron chi connectivity index (χ3n) is 6.71. The number of rotatable bonds is 6. The molecule has 2 aromatic carbocycles. The van der Waals surface area contributed by atoms with Crippen molar-refractivity contribution in [3.8, 4) is 16.8 Å². The molecular formula is C31H27N7O3. The number of nitrogens with two attached hydrogens (primary N) is 1. The summed E-state index contributed by atoms with van der Waals surface area (Å²) in [5.41, 5.74) is 8.63. The Balaban J connectivity index is 1.34. The molecule has 0 aliphatic carbocycles. The minimum absolute atomic E-state index is 0.00181. The molecule has 0 aliphatic rings. The van der Waals surface area contributed by atoms with Gasteiger partial charge in [0.05, 0.1) is 23.2 Å². The molecule has 10 nitrogen and oxygen atoms in total. The van der Waals surface area contributed by atoms with Gasteiger partial charge >= 0.3 is 0 Å². The number of amides is 1. The smallest absolute Gasteiger partial charge is 0.269 e. The number of nitrogens with one attached hydrogen (secondary N) is 1. The number of hydrogen-bond acceptors (Lipinski definition) is 7. The van der Waals surface area contributed by atoms with Gasteiger partial charge in [-0.1, -0.05) is 30.3 Å². The topological polar surface area (TPSA) is 141 Å². The summed E-state index contributed by atoms with van der Waals surface area (Å²) in [4.78, 5) is 39.8. The van der Waals surface area contributed by atoms with Crippen LogP contribution in [0.5, 0.6) is 0 Å². The molecule has 0 saturated carbocycles. The van der Waals surface area contributed by atoms with Gasteiger partial charge in [0.2, 0.25) is 0 Å². The first-order chi connectivity index (χ1) is 19.7. The molecule has 10 heteroatoms. The Labute approximate surface area is 234 Å². The number of hydrogen-bond donors (Lipinski definition) is 3. The van der Waals surface area contributed by atoms with Crippen molar-refractivity contribution in [3.63, 3.8) is 0 Å². The second-order valence-corrected chi connectivity index (χ2v) is 10.4.